The lowest BCUT2D eigenvalue weighted by molar-refractivity contribution is 0.278. The summed E-state index contributed by atoms with van der Waals surface area (Å²) in [5.74, 6) is 0.902. The van der Waals surface area contributed by atoms with Gasteiger partial charge >= 0.3 is 0 Å². The second-order valence-corrected chi connectivity index (χ2v) is 15.0. The number of ether oxygens (including phenoxy) is 1. The van der Waals surface area contributed by atoms with Gasteiger partial charge in [-0.1, -0.05) is 146 Å². The first-order chi connectivity index (χ1) is 28.2. The van der Waals surface area contributed by atoms with E-state index in [2.05, 4.69) is 156 Å². The number of hydrogen-bond acceptors (Lipinski definition) is 6. The normalized spacial score (nSPS) is 17.1. The van der Waals surface area contributed by atoms with E-state index in [1.807, 2.05) is 30.3 Å². The average molecular weight is 742 g/mol. The van der Waals surface area contributed by atoms with Crippen molar-refractivity contribution in [2.45, 2.75) is 30.9 Å². The van der Waals surface area contributed by atoms with Gasteiger partial charge in [-0.25, -0.2) is 0 Å². The minimum atomic E-state index is -0.420. The first kappa shape index (κ1) is 33.6. The van der Waals surface area contributed by atoms with Crippen LogP contribution in [0.15, 0.2) is 185 Å². The fourth-order valence-corrected chi connectivity index (χ4v) is 8.76. The molecule has 0 radical (unpaired) electrons. The highest BCUT2D eigenvalue weighted by Crippen LogP contribution is 2.49. The quantitative estimate of drug-likeness (QED) is 0.128. The molecule has 2 aliphatic rings. The summed E-state index contributed by atoms with van der Waals surface area (Å²) in [6.07, 6.45) is 5.78. The molecular formula is C51H39N3O3. The molecule has 4 N–H and O–H groups in total. The van der Waals surface area contributed by atoms with E-state index in [1.54, 1.807) is 0 Å². The summed E-state index contributed by atoms with van der Waals surface area (Å²) in [6.45, 7) is 0.708. The Kier molecular flexibility index (Phi) is 8.14. The van der Waals surface area contributed by atoms with E-state index >= 15 is 0 Å². The SMILES string of the molecule is NC(NC(NCc1ccccc1)c1ccccc1)c1ccc2c(c1)C1C=CC=C(c3cccc4c3oc3c(-c5ccc6c(c5)oc5ccccc56)cccc34)C1O2. The molecule has 0 bridgehead atoms. The van der Waals surface area contributed by atoms with Crippen molar-refractivity contribution in [3.63, 3.8) is 0 Å². The zero-order valence-corrected chi connectivity index (χ0v) is 31.1. The van der Waals surface area contributed by atoms with Gasteiger partial charge in [-0.05, 0) is 52.6 Å². The monoisotopic (exact) mass is 741 g/mol. The number of benzene rings is 7. The predicted molar refractivity (Wildman–Crippen MR) is 230 cm³/mol. The summed E-state index contributed by atoms with van der Waals surface area (Å²) in [7, 11) is 0. The molecule has 0 amide bonds. The van der Waals surface area contributed by atoms with Crippen LogP contribution in [0.4, 0.5) is 0 Å². The Balaban J connectivity index is 0.895. The fraction of sp³-hybridized carbons (Fsp3) is 0.0980. The zero-order valence-electron chi connectivity index (χ0n) is 31.1. The van der Waals surface area contributed by atoms with E-state index in [4.69, 9.17) is 19.3 Å². The zero-order chi connectivity index (χ0) is 37.9. The summed E-state index contributed by atoms with van der Waals surface area (Å²) in [5, 5.41) is 11.7. The molecule has 4 atom stereocenters. The van der Waals surface area contributed by atoms with Gasteiger partial charge in [0.2, 0.25) is 0 Å². The lowest BCUT2D eigenvalue weighted by atomic mass is 9.83. The Morgan fingerprint density at radius 1 is 0.596 bits per heavy atom. The molecule has 2 aromatic heterocycles. The van der Waals surface area contributed by atoms with Gasteiger partial charge in [-0.15, -0.1) is 0 Å². The van der Waals surface area contributed by atoms with Crippen LogP contribution < -0.4 is 21.1 Å². The van der Waals surface area contributed by atoms with Gasteiger partial charge in [0, 0.05) is 56.3 Å². The minimum Gasteiger partial charge on any atom is -0.484 e. The molecule has 6 nitrogen and oxygen atoms in total. The van der Waals surface area contributed by atoms with Gasteiger partial charge in [-0.2, -0.15) is 0 Å². The van der Waals surface area contributed by atoms with E-state index in [-0.39, 0.29) is 18.2 Å². The summed E-state index contributed by atoms with van der Waals surface area (Å²) in [5.41, 5.74) is 19.1. The van der Waals surface area contributed by atoms with Gasteiger partial charge in [0.15, 0.2) is 0 Å². The number of furan rings is 2. The highest BCUT2D eigenvalue weighted by molar-refractivity contribution is 6.13. The third kappa shape index (κ3) is 5.85. The molecule has 3 heterocycles. The van der Waals surface area contributed by atoms with Crippen molar-refractivity contribution in [1.82, 2.24) is 10.6 Å². The van der Waals surface area contributed by atoms with Crippen LogP contribution in [0, 0.1) is 0 Å². The van der Waals surface area contributed by atoms with Crippen LogP contribution in [-0.4, -0.2) is 6.10 Å². The molecule has 6 heteroatoms. The molecule has 11 rings (SSSR count). The molecular weight excluding hydrogens is 703 g/mol. The molecule has 0 saturated heterocycles. The predicted octanol–water partition coefficient (Wildman–Crippen LogP) is 11.7. The van der Waals surface area contributed by atoms with Crippen molar-refractivity contribution in [2.75, 3.05) is 0 Å². The van der Waals surface area contributed by atoms with Gasteiger partial charge in [0.25, 0.3) is 0 Å². The van der Waals surface area contributed by atoms with Crippen molar-refractivity contribution >= 4 is 49.5 Å². The highest BCUT2D eigenvalue weighted by Gasteiger charge is 2.38. The number of nitrogens with one attached hydrogen (secondary N) is 2. The molecule has 0 fully saturated rings. The van der Waals surface area contributed by atoms with Gasteiger partial charge in [0.05, 0.1) is 12.3 Å². The van der Waals surface area contributed by atoms with Crippen molar-refractivity contribution in [1.29, 1.82) is 0 Å². The smallest absolute Gasteiger partial charge is 0.143 e. The van der Waals surface area contributed by atoms with Crippen LogP contribution in [0.1, 0.15) is 46.1 Å². The second kappa shape index (κ2) is 13.8. The average Bonchev–Trinajstić information content (AvgIpc) is 3.96. The van der Waals surface area contributed by atoms with Crippen LogP contribution in [0.2, 0.25) is 0 Å². The molecule has 7 aromatic carbocycles. The van der Waals surface area contributed by atoms with E-state index in [1.165, 1.54) is 5.56 Å². The summed E-state index contributed by atoms with van der Waals surface area (Å²) >= 11 is 0. The third-order valence-electron chi connectivity index (χ3n) is 11.6. The van der Waals surface area contributed by atoms with Crippen LogP contribution in [0.3, 0.4) is 0 Å². The molecule has 0 spiro atoms. The van der Waals surface area contributed by atoms with Gasteiger partial charge in [-0.3, -0.25) is 10.6 Å². The lowest BCUT2D eigenvalue weighted by Gasteiger charge is -2.26. The van der Waals surface area contributed by atoms with E-state index in [0.717, 1.165) is 88.6 Å². The molecule has 1 aliphatic heterocycles. The van der Waals surface area contributed by atoms with Crippen LogP contribution in [-0.2, 0) is 6.54 Å². The molecule has 9 aromatic rings. The van der Waals surface area contributed by atoms with E-state index < -0.39 is 6.17 Å². The number of fused-ring (bicyclic) bond motifs is 9. The molecule has 1 aliphatic carbocycles. The molecule has 276 valence electrons. The van der Waals surface area contributed by atoms with Crippen molar-refractivity contribution in [3.8, 4) is 16.9 Å². The highest BCUT2D eigenvalue weighted by atomic mass is 16.5. The maximum atomic E-state index is 6.94. The van der Waals surface area contributed by atoms with Crippen molar-refractivity contribution in [3.05, 3.63) is 204 Å². The topological polar surface area (TPSA) is 85.6 Å². The Morgan fingerprint density at radius 3 is 2.16 bits per heavy atom. The Morgan fingerprint density at radius 2 is 1.32 bits per heavy atom. The number of para-hydroxylation sites is 3. The van der Waals surface area contributed by atoms with Gasteiger partial charge < -0.3 is 19.3 Å². The number of hydrogen-bond donors (Lipinski definition) is 3. The summed E-state index contributed by atoms with van der Waals surface area (Å²) in [6, 6.07) is 54.6. The van der Waals surface area contributed by atoms with Crippen LogP contribution in [0.25, 0.3) is 60.6 Å². The van der Waals surface area contributed by atoms with Crippen molar-refractivity contribution < 1.29 is 13.6 Å². The minimum absolute atomic E-state index is 0.0269. The standard InChI is InChI=1S/C51H39N3O3/c52-50(54-51(32-14-5-2-6-15-32)53-30-31-12-3-1-4-13-31)34-25-27-45-43(28-34)42-22-11-19-39(48(42)56-45)41-21-10-20-40-38-18-9-17-35(47(38)57-49(40)41)33-24-26-37-36-16-7-8-23-44(36)55-46(37)29-33/h1-29,42,48,50-51,53-54H,30,52H2. The largest absolute Gasteiger partial charge is 0.484 e. The first-order valence-corrected chi connectivity index (χ1v) is 19.6. The van der Waals surface area contributed by atoms with E-state index in [0.29, 0.717) is 6.54 Å². The Bertz CT molecular complexity index is 3020. The van der Waals surface area contributed by atoms with Crippen LogP contribution in [0.5, 0.6) is 5.75 Å². The lowest BCUT2D eigenvalue weighted by Crippen LogP contribution is -2.39. The maximum absolute atomic E-state index is 6.94. The van der Waals surface area contributed by atoms with Gasteiger partial charge in [0.1, 0.15) is 34.2 Å². The van der Waals surface area contributed by atoms with E-state index in [9.17, 15) is 0 Å². The number of nitrogens with two attached hydrogens (primary N) is 1. The second-order valence-electron chi connectivity index (χ2n) is 15.0. The Hall–Kier alpha value is -6.70. The molecule has 4 unspecified atom stereocenters. The number of allylic oxidation sites excluding steroid dienone is 2. The first-order valence-electron chi connectivity index (χ1n) is 19.6. The summed E-state index contributed by atoms with van der Waals surface area (Å²) < 4.78 is 20.0. The maximum Gasteiger partial charge on any atom is 0.143 e. The molecule has 57 heavy (non-hydrogen) atoms. The Labute approximate surface area is 329 Å². The van der Waals surface area contributed by atoms with Crippen molar-refractivity contribution in [2.24, 2.45) is 5.73 Å². The molecule has 0 saturated carbocycles. The van der Waals surface area contributed by atoms with Crippen LogP contribution >= 0.6 is 0 Å². The third-order valence-corrected chi connectivity index (χ3v) is 11.6. The number of rotatable bonds is 9. The fourth-order valence-electron chi connectivity index (χ4n) is 8.76. The summed E-state index contributed by atoms with van der Waals surface area (Å²) in [4.78, 5) is 0.